The molecule has 21 heavy (non-hydrogen) atoms. The minimum absolute atomic E-state index is 0.158. The molecule has 0 radical (unpaired) electrons. The van der Waals surface area contributed by atoms with Crippen LogP contribution in [0.25, 0.3) is 0 Å². The SMILES string of the molecule is CCC(CSC)N(C)C(=O)c1cc(F)cc([N+](=O)[O-])c1F. The van der Waals surface area contributed by atoms with E-state index in [-0.39, 0.29) is 6.04 Å². The molecule has 1 rings (SSSR count). The summed E-state index contributed by atoms with van der Waals surface area (Å²) in [4.78, 5) is 23.2. The largest absolute Gasteiger partial charge is 0.338 e. The molecule has 8 heteroatoms. The molecule has 1 unspecified atom stereocenters. The van der Waals surface area contributed by atoms with Crippen molar-refractivity contribution in [3.05, 3.63) is 39.4 Å². The average Bonchev–Trinajstić information content (AvgIpc) is 2.45. The van der Waals surface area contributed by atoms with Gasteiger partial charge in [-0.3, -0.25) is 14.9 Å². The molecule has 0 aromatic heterocycles. The third kappa shape index (κ3) is 3.90. The lowest BCUT2D eigenvalue weighted by Gasteiger charge is -2.26. The first-order chi connectivity index (χ1) is 9.83. The Morgan fingerprint density at radius 3 is 2.57 bits per heavy atom. The van der Waals surface area contributed by atoms with Gasteiger partial charge in [0.2, 0.25) is 5.82 Å². The zero-order valence-electron chi connectivity index (χ0n) is 11.9. The molecule has 1 atom stereocenters. The summed E-state index contributed by atoms with van der Waals surface area (Å²) in [6.45, 7) is 1.87. The van der Waals surface area contributed by atoms with Crippen LogP contribution in [-0.2, 0) is 0 Å². The summed E-state index contributed by atoms with van der Waals surface area (Å²) in [6.07, 6.45) is 2.51. The molecule has 1 amide bonds. The number of nitro benzene ring substituents is 1. The van der Waals surface area contributed by atoms with Crippen LogP contribution in [0, 0.1) is 21.7 Å². The van der Waals surface area contributed by atoms with Gasteiger partial charge in [0.1, 0.15) is 5.82 Å². The van der Waals surface area contributed by atoms with Gasteiger partial charge in [0.25, 0.3) is 5.91 Å². The van der Waals surface area contributed by atoms with Gasteiger partial charge in [-0.25, -0.2) is 4.39 Å². The van der Waals surface area contributed by atoms with Gasteiger partial charge in [0.15, 0.2) is 0 Å². The number of benzene rings is 1. The third-order valence-electron chi connectivity index (χ3n) is 3.14. The summed E-state index contributed by atoms with van der Waals surface area (Å²) in [5.41, 5.74) is -1.66. The molecule has 0 heterocycles. The van der Waals surface area contributed by atoms with Crippen LogP contribution in [0.4, 0.5) is 14.5 Å². The van der Waals surface area contributed by atoms with E-state index in [4.69, 9.17) is 0 Å². The lowest BCUT2D eigenvalue weighted by molar-refractivity contribution is -0.387. The van der Waals surface area contributed by atoms with Crippen LogP contribution in [0.15, 0.2) is 12.1 Å². The summed E-state index contributed by atoms with van der Waals surface area (Å²) in [7, 11) is 1.48. The molecule has 0 saturated heterocycles. The molecule has 5 nitrogen and oxygen atoms in total. The molecule has 0 aliphatic rings. The van der Waals surface area contributed by atoms with Crippen molar-refractivity contribution in [1.29, 1.82) is 0 Å². The predicted molar refractivity (Wildman–Crippen MR) is 77.6 cm³/mol. The maximum Gasteiger partial charge on any atom is 0.308 e. The maximum absolute atomic E-state index is 14.0. The number of carbonyl (C=O) groups excluding carboxylic acids is 1. The fraction of sp³-hybridized carbons (Fsp3) is 0.462. The first-order valence-electron chi connectivity index (χ1n) is 6.23. The molecular formula is C13H16F2N2O3S. The standard InChI is InChI=1S/C13H16F2N2O3S/c1-4-9(7-21-3)16(2)13(18)10-5-8(14)6-11(12(10)15)17(19)20/h5-6,9H,4,7H2,1-3H3. The van der Waals surface area contributed by atoms with Gasteiger partial charge in [-0.2, -0.15) is 16.2 Å². The number of halogens is 2. The first-order valence-corrected chi connectivity index (χ1v) is 7.62. The van der Waals surface area contributed by atoms with Gasteiger partial charge in [0.05, 0.1) is 16.6 Å². The Labute approximate surface area is 125 Å². The van der Waals surface area contributed by atoms with E-state index >= 15 is 0 Å². The van der Waals surface area contributed by atoms with Crippen LogP contribution < -0.4 is 0 Å². The number of rotatable bonds is 6. The van der Waals surface area contributed by atoms with Gasteiger partial charge in [-0.05, 0) is 18.7 Å². The maximum atomic E-state index is 14.0. The Bertz CT molecular complexity index is 554. The van der Waals surface area contributed by atoms with Crippen molar-refractivity contribution in [2.45, 2.75) is 19.4 Å². The fourth-order valence-corrected chi connectivity index (χ4v) is 2.76. The fourth-order valence-electron chi connectivity index (χ4n) is 1.92. The van der Waals surface area contributed by atoms with E-state index in [0.29, 0.717) is 24.3 Å². The van der Waals surface area contributed by atoms with E-state index in [1.165, 1.54) is 23.7 Å². The van der Waals surface area contributed by atoms with Crippen molar-refractivity contribution in [3.8, 4) is 0 Å². The van der Waals surface area contributed by atoms with E-state index in [9.17, 15) is 23.7 Å². The molecule has 116 valence electrons. The van der Waals surface area contributed by atoms with E-state index in [2.05, 4.69) is 0 Å². The summed E-state index contributed by atoms with van der Waals surface area (Å²) in [6, 6.07) is 0.993. The number of nitrogens with zero attached hydrogens (tertiary/aromatic N) is 2. The lowest BCUT2D eigenvalue weighted by atomic mass is 10.1. The second kappa shape index (κ2) is 7.35. The number of thioether (sulfide) groups is 1. The smallest absolute Gasteiger partial charge is 0.308 e. The highest BCUT2D eigenvalue weighted by Crippen LogP contribution is 2.24. The van der Waals surface area contributed by atoms with Gasteiger partial charge in [0, 0.05) is 18.8 Å². The number of amides is 1. The highest BCUT2D eigenvalue weighted by molar-refractivity contribution is 7.98. The number of hydrogen-bond donors (Lipinski definition) is 0. The third-order valence-corrected chi connectivity index (χ3v) is 3.86. The zero-order chi connectivity index (χ0) is 16.2. The van der Waals surface area contributed by atoms with Crippen molar-refractivity contribution in [2.24, 2.45) is 0 Å². The summed E-state index contributed by atoms with van der Waals surface area (Å²) >= 11 is 1.52. The predicted octanol–water partition coefficient (Wildman–Crippen LogP) is 3.09. The second-order valence-corrected chi connectivity index (χ2v) is 5.39. The molecule has 0 bridgehead atoms. The summed E-state index contributed by atoms with van der Waals surface area (Å²) < 4.78 is 27.4. The monoisotopic (exact) mass is 318 g/mol. The van der Waals surface area contributed by atoms with Gasteiger partial charge in [-0.1, -0.05) is 6.92 Å². The molecular weight excluding hydrogens is 302 g/mol. The van der Waals surface area contributed by atoms with E-state index in [0.717, 1.165) is 0 Å². The lowest BCUT2D eigenvalue weighted by Crippen LogP contribution is -2.38. The number of carbonyl (C=O) groups is 1. The Morgan fingerprint density at radius 2 is 2.10 bits per heavy atom. The Balaban J connectivity index is 3.21. The van der Waals surface area contributed by atoms with Crippen LogP contribution >= 0.6 is 11.8 Å². The quantitative estimate of drug-likeness (QED) is 0.597. The van der Waals surface area contributed by atoms with Crippen LogP contribution in [0.2, 0.25) is 0 Å². The molecule has 0 aliphatic carbocycles. The van der Waals surface area contributed by atoms with Crippen molar-refractivity contribution in [3.63, 3.8) is 0 Å². The minimum Gasteiger partial charge on any atom is -0.338 e. The van der Waals surface area contributed by atoms with Gasteiger partial charge in [-0.15, -0.1) is 0 Å². The van der Waals surface area contributed by atoms with Crippen LogP contribution in [0.5, 0.6) is 0 Å². The number of nitro groups is 1. The molecule has 0 spiro atoms. The Kier molecular flexibility index (Phi) is 6.07. The second-order valence-electron chi connectivity index (χ2n) is 4.48. The van der Waals surface area contributed by atoms with Gasteiger partial charge >= 0.3 is 5.69 Å². The highest BCUT2D eigenvalue weighted by Gasteiger charge is 2.28. The normalized spacial score (nSPS) is 12.0. The molecule has 0 N–H and O–H groups in total. The molecule has 0 saturated carbocycles. The van der Waals surface area contributed by atoms with Crippen LogP contribution in [-0.4, -0.2) is 40.8 Å². The minimum atomic E-state index is -1.31. The Hall–Kier alpha value is -1.70. The van der Waals surface area contributed by atoms with Crippen LogP contribution in [0.3, 0.4) is 0 Å². The topological polar surface area (TPSA) is 63.5 Å². The average molecular weight is 318 g/mol. The molecule has 1 aromatic rings. The Morgan fingerprint density at radius 1 is 1.48 bits per heavy atom. The summed E-state index contributed by atoms with van der Waals surface area (Å²) in [5, 5.41) is 10.7. The van der Waals surface area contributed by atoms with Crippen molar-refractivity contribution >= 4 is 23.4 Å². The molecule has 0 aliphatic heterocycles. The summed E-state index contributed by atoms with van der Waals surface area (Å²) in [5.74, 6) is -2.45. The molecule has 1 aromatic carbocycles. The van der Waals surface area contributed by atoms with E-state index in [1.807, 2.05) is 13.2 Å². The van der Waals surface area contributed by atoms with Crippen molar-refractivity contribution < 1.29 is 18.5 Å². The zero-order valence-corrected chi connectivity index (χ0v) is 12.7. The van der Waals surface area contributed by atoms with Crippen molar-refractivity contribution in [1.82, 2.24) is 4.90 Å². The highest BCUT2D eigenvalue weighted by atomic mass is 32.2. The van der Waals surface area contributed by atoms with E-state index in [1.54, 1.807) is 0 Å². The van der Waals surface area contributed by atoms with Gasteiger partial charge < -0.3 is 4.90 Å². The van der Waals surface area contributed by atoms with Crippen molar-refractivity contribution in [2.75, 3.05) is 19.1 Å². The molecule has 0 fully saturated rings. The first kappa shape index (κ1) is 17.4. The number of hydrogen-bond acceptors (Lipinski definition) is 4. The van der Waals surface area contributed by atoms with E-state index < -0.39 is 33.7 Å². The van der Waals surface area contributed by atoms with Crippen LogP contribution in [0.1, 0.15) is 23.7 Å².